The van der Waals surface area contributed by atoms with Gasteiger partial charge in [0.25, 0.3) is 5.91 Å². The van der Waals surface area contributed by atoms with E-state index in [1.165, 1.54) is 11.8 Å². The minimum Gasteiger partial charge on any atom is -0.490 e. The standard InChI is InChI=1S/C17H19NO2S2/c1-3-5-10-18-16(19)15(22-17(18)21)12-13-6-8-14(9-7-13)20-11-4-2/h4,6-9,12H,2-3,5,10-11H2,1H3/b15-12+. The third-order valence-corrected chi connectivity index (χ3v) is 4.53. The lowest BCUT2D eigenvalue weighted by molar-refractivity contribution is -0.122. The first-order chi connectivity index (χ1) is 10.7. The molecule has 116 valence electrons. The fourth-order valence-electron chi connectivity index (χ4n) is 1.98. The molecule has 0 bridgehead atoms. The van der Waals surface area contributed by atoms with E-state index in [-0.39, 0.29) is 5.91 Å². The normalized spacial score (nSPS) is 16.4. The van der Waals surface area contributed by atoms with E-state index in [2.05, 4.69) is 13.5 Å². The van der Waals surface area contributed by atoms with Crippen LogP contribution in [0.25, 0.3) is 6.08 Å². The average molecular weight is 333 g/mol. The number of hydrogen-bond acceptors (Lipinski definition) is 4. The summed E-state index contributed by atoms with van der Waals surface area (Å²) < 4.78 is 6.09. The lowest BCUT2D eigenvalue weighted by atomic mass is 10.2. The van der Waals surface area contributed by atoms with Crippen molar-refractivity contribution < 1.29 is 9.53 Å². The summed E-state index contributed by atoms with van der Waals surface area (Å²) in [7, 11) is 0. The van der Waals surface area contributed by atoms with E-state index in [0.717, 1.165) is 24.2 Å². The van der Waals surface area contributed by atoms with Crippen LogP contribution in [0.3, 0.4) is 0 Å². The number of carbonyl (C=O) groups is 1. The first kappa shape index (κ1) is 16.8. The van der Waals surface area contributed by atoms with Crippen LogP contribution in [0, 0.1) is 0 Å². The summed E-state index contributed by atoms with van der Waals surface area (Å²) in [6, 6.07) is 7.62. The number of amides is 1. The highest BCUT2D eigenvalue weighted by molar-refractivity contribution is 8.26. The van der Waals surface area contributed by atoms with Crippen LogP contribution in [-0.2, 0) is 4.79 Å². The van der Waals surface area contributed by atoms with E-state index in [4.69, 9.17) is 17.0 Å². The topological polar surface area (TPSA) is 29.5 Å². The Balaban J connectivity index is 2.07. The van der Waals surface area contributed by atoms with E-state index in [0.29, 0.717) is 22.4 Å². The van der Waals surface area contributed by atoms with Crippen molar-refractivity contribution in [1.29, 1.82) is 0 Å². The Kier molecular flexibility index (Phi) is 6.21. The molecule has 0 unspecified atom stereocenters. The van der Waals surface area contributed by atoms with Crippen LogP contribution in [-0.4, -0.2) is 28.3 Å². The molecule has 1 heterocycles. The van der Waals surface area contributed by atoms with Crippen molar-refractivity contribution in [2.75, 3.05) is 13.2 Å². The van der Waals surface area contributed by atoms with Gasteiger partial charge in [-0.05, 0) is 30.2 Å². The Labute approximate surface area is 141 Å². The number of benzene rings is 1. The minimum atomic E-state index is 0.00966. The van der Waals surface area contributed by atoms with Gasteiger partial charge in [-0.25, -0.2) is 0 Å². The molecule has 22 heavy (non-hydrogen) atoms. The molecule has 1 fully saturated rings. The second kappa shape index (κ2) is 8.15. The second-order valence-electron chi connectivity index (χ2n) is 4.86. The Hall–Kier alpha value is -1.59. The van der Waals surface area contributed by atoms with Gasteiger partial charge in [-0.2, -0.15) is 0 Å². The van der Waals surface area contributed by atoms with E-state index in [1.54, 1.807) is 11.0 Å². The molecule has 1 aliphatic rings. The molecule has 1 saturated heterocycles. The largest absolute Gasteiger partial charge is 0.490 e. The molecular formula is C17H19NO2S2. The maximum atomic E-state index is 12.3. The SMILES string of the molecule is C=CCOc1ccc(/C=C2/SC(=S)N(CCCC)C2=O)cc1. The van der Waals surface area contributed by atoms with Gasteiger partial charge in [0.2, 0.25) is 0 Å². The number of nitrogens with zero attached hydrogens (tertiary/aromatic N) is 1. The summed E-state index contributed by atoms with van der Waals surface area (Å²) in [6.07, 6.45) is 5.59. The minimum absolute atomic E-state index is 0.00966. The molecule has 0 aliphatic carbocycles. The summed E-state index contributed by atoms with van der Waals surface area (Å²) in [5.41, 5.74) is 0.960. The van der Waals surface area contributed by atoms with E-state index >= 15 is 0 Å². The van der Waals surface area contributed by atoms with Crippen LogP contribution in [0.4, 0.5) is 0 Å². The Morgan fingerprint density at radius 1 is 1.36 bits per heavy atom. The Morgan fingerprint density at radius 3 is 2.73 bits per heavy atom. The third-order valence-electron chi connectivity index (χ3n) is 3.15. The first-order valence-corrected chi connectivity index (χ1v) is 8.47. The van der Waals surface area contributed by atoms with Crippen LogP contribution in [0.5, 0.6) is 5.75 Å². The molecule has 0 aromatic heterocycles. The molecule has 0 saturated carbocycles. The van der Waals surface area contributed by atoms with Gasteiger partial charge in [-0.1, -0.05) is 62.1 Å². The second-order valence-corrected chi connectivity index (χ2v) is 6.53. The molecule has 1 aromatic carbocycles. The Morgan fingerprint density at radius 2 is 2.09 bits per heavy atom. The summed E-state index contributed by atoms with van der Waals surface area (Å²) in [4.78, 5) is 14.7. The van der Waals surface area contributed by atoms with E-state index in [9.17, 15) is 4.79 Å². The third kappa shape index (κ3) is 4.21. The van der Waals surface area contributed by atoms with Gasteiger partial charge in [-0.15, -0.1) is 0 Å². The number of hydrogen-bond donors (Lipinski definition) is 0. The zero-order valence-electron chi connectivity index (χ0n) is 12.6. The lowest BCUT2D eigenvalue weighted by Crippen LogP contribution is -2.28. The highest BCUT2D eigenvalue weighted by Gasteiger charge is 2.31. The number of unbranched alkanes of at least 4 members (excludes halogenated alkanes) is 1. The van der Waals surface area contributed by atoms with Crippen molar-refractivity contribution in [2.24, 2.45) is 0 Å². The molecular weight excluding hydrogens is 314 g/mol. The fraction of sp³-hybridized carbons (Fsp3) is 0.294. The number of thiocarbonyl (C=S) groups is 1. The van der Waals surface area contributed by atoms with E-state index in [1.807, 2.05) is 30.3 Å². The monoisotopic (exact) mass is 333 g/mol. The van der Waals surface area contributed by atoms with Gasteiger partial charge in [0.15, 0.2) is 0 Å². The maximum Gasteiger partial charge on any atom is 0.266 e. The van der Waals surface area contributed by atoms with Crippen LogP contribution in [0.1, 0.15) is 25.3 Å². The smallest absolute Gasteiger partial charge is 0.266 e. The highest BCUT2D eigenvalue weighted by Crippen LogP contribution is 2.32. The van der Waals surface area contributed by atoms with Crippen molar-refractivity contribution in [3.8, 4) is 5.75 Å². The summed E-state index contributed by atoms with van der Waals surface area (Å²) in [6.45, 7) is 6.90. The van der Waals surface area contributed by atoms with Gasteiger partial charge in [0, 0.05) is 6.54 Å². The quantitative estimate of drug-likeness (QED) is 0.424. The lowest BCUT2D eigenvalue weighted by Gasteiger charge is -2.13. The fourth-order valence-corrected chi connectivity index (χ4v) is 3.28. The maximum absolute atomic E-state index is 12.3. The molecule has 1 aliphatic heterocycles. The van der Waals surface area contributed by atoms with Crippen molar-refractivity contribution in [1.82, 2.24) is 4.90 Å². The Bertz CT molecular complexity index is 593. The summed E-state index contributed by atoms with van der Waals surface area (Å²) in [5, 5.41) is 0. The number of thioether (sulfide) groups is 1. The molecule has 0 spiro atoms. The molecule has 0 radical (unpaired) electrons. The molecule has 1 amide bonds. The molecule has 1 aromatic rings. The number of rotatable bonds is 7. The summed E-state index contributed by atoms with van der Waals surface area (Å²) in [5.74, 6) is 0.794. The van der Waals surface area contributed by atoms with Gasteiger partial charge in [0.1, 0.15) is 16.7 Å². The van der Waals surface area contributed by atoms with Gasteiger partial charge < -0.3 is 4.74 Å². The molecule has 3 nitrogen and oxygen atoms in total. The zero-order valence-corrected chi connectivity index (χ0v) is 14.2. The summed E-state index contributed by atoms with van der Waals surface area (Å²) >= 11 is 6.66. The van der Waals surface area contributed by atoms with Crippen LogP contribution >= 0.6 is 24.0 Å². The first-order valence-electron chi connectivity index (χ1n) is 7.25. The van der Waals surface area contributed by atoms with Crippen molar-refractivity contribution >= 4 is 40.3 Å². The molecule has 0 N–H and O–H groups in total. The van der Waals surface area contributed by atoms with Crippen LogP contribution < -0.4 is 4.74 Å². The van der Waals surface area contributed by atoms with Crippen molar-refractivity contribution in [2.45, 2.75) is 19.8 Å². The average Bonchev–Trinajstić information content (AvgIpc) is 2.79. The predicted octanol–water partition coefficient (Wildman–Crippen LogP) is 4.25. The van der Waals surface area contributed by atoms with Crippen molar-refractivity contribution in [3.05, 3.63) is 47.4 Å². The zero-order chi connectivity index (χ0) is 15.9. The van der Waals surface area contributed by atoms with E-state index < -0.39 is 0 Å². The number of carbonyl (C=O) groups excluding carboxylic acids is 1. The van der Waals surface area contributed by atoms with Gasteiger partial charge in [-0.3, -0.25) is 9.69 Å². The highest BCUT2D eigenvalue weighted by atomic mass is 32.2. The molecule has 2 rings (SSSR count). The van der Waals surface area contributed by atoms with Crippen LogP contribution in [0.2, 0.25) is 0 Å². The van der Waals surface area contributed by atoms with Crippen LogP contribution in [0.15, 0.2) is 41.8 Å². The number of ether oxygens (including phenoxy) is 1. The van der Waals surface area contributed by atoms with Gasteiger partial charge >= 0.3 is 0 Å². The predicted molar refractivity (Wildman–Crippen MR) is 96.9 cm³/mol. The molecule has 0 atom stereocenters. The van der Waals surface area contributed by atoms with Gasteiger partial charge in [0.05, 0.1) is 4.91 Å². The van der Waals surface area contributed by atoms with Crippen molar-refractivity contribution in [3.63, 3.8) is 0 Å². The molecule has 5 heteroatoms.